The molecule has 0 saturated carbocycles. The highest BCUT2D eigenvalue weighted by atomic mass is 16.5. The predicted octanol–water partition coefficient (Wildman–Crippen LogP) is 2.03. The number of ether oxygens (including phenoxy) is 2. The minimum absolute atomic E-state index is 0.0349. The second-order valence-electron chi connectivity index (χ2n) is 4.45. The fourth-order valence-corrected chi connectivity index (χ4v) is 1.81. The summed E-state index contributed by atoms with van der Waals surface area (Å²) in [6.45, 7) is 2.02. The van der Waals surface area contributed by atoms with Gasteiger partial charge in [-0.2, -0.15) is 4.98 Å². The van der Waals surface area contributed by atoms with Crippen molar-refractivity contribution in [1.29, 1.82) is 0 Å². The smallest absolute Gasteiger partial charge is 0.261 e. The Labute approximate surface area is 117 Å². The van der Waals surface area contributed by atoms with Crippen LogP contribution in [0.4, 0.5) is 0 Å². The van der Waals surface area contributed by atoms with E-state index in [1.807, 2.05) is 13.0 Å². The van der Waals surface area contributed by atoms with Crippen LogP contribution in [0.25, 0.3) is 11.5 Å². The van der Waals surface area contributed by atoms with Crippen LogP contribution in [0.15, 0.2) is 22.7 Å². The number of hydrogen-bond acceptors (Lipinski definition) is 6. The van der Waals surface area contributed by atoms with Crippen LogP contribution in [0.2, 0.25) is 0 Å². The lowest BCUT2D eigenvalue weighted by Crippen LogP contribution is -2.21. The van der Waals surface area contributed by atoms with Gasteiger partial charge in [-0.05, 0) is 24.6 Å². The zero-order valence-corrected chi connectivity index (χ0v) is 11.9. The summed E-state index contributed by atoms with van der Waals surface area (Å²) in [5.41, 5.74) is 6.59. The highest BCUT2D eigenvalue weighted by Crippen LogP contribution is 2.32. The summed E-state index contributed by atoms with van der Waals surface area (Å²) < 4.78 is 15.8. The van der Waals surface area contributed by atoms with Gasteiger partial charge in [0.05, 0.1) is 19.8 Å². The Bertz CT molecular complexity index is 569. The van der Waals surface area contributed by atoms with E-state index in [1.54, 1.807) is 26.4 Å². The summed E-state index contributed by atoms with van der Waals surface area (Å²) in [5, 5.41) is 3.95. The van der Waals surface area contributed by atoms with Gasteiger partial charge in [-0.25, -0.2) is 0 Å². The van der Waals surface area contributed by atoms with Crippen LogP contribution in [0, 0.1) is 0 Å². The molecular weight excluding hydrogens is 258 g/mol. The molecule has 2 rings (SSSR count). The van der Waals surface area contributed by atoms with E-state index in [0.717, 1.165) is 6.42 Å². The molecule has 0 fully saturated rings. The van der Waals surface area contributed by atoms with E-state index in [0.29, 0.717) is 35.2 Å². The SMILES string of the molecule is CCC(N)Cc1noc(-c2cc(OC)ccc2OC)n1. The Morgan fingerprint density at radius 3 is 2.75 bits per heavy atom. The molecule has 1 atom stereocenters. The van der Waals surface area contributed by atoms with Crippen LogP contribution >= 0.6 is 0 Å². The van der Waals surface area contributed by atoms with Gasteiger partial charge in [-0.1, -0.05) is 12.1 Å². The van der Waals surface area contributed by atoms with Crippen LogP contribution in [-0.4, -0.2) is 30.4 Å². The number of hydrogen-bond donors (Lipinski definition) is 1. The molecular formula is C14H19N3O3. The lowest BCUT2D eigenvalue weighted by molar-refractivity contribution is 0.395. The molecule has 1 aromatic carbocycles. The average molecular weight is 277 g/mol. The van der Waals surface area contributed by atoms with Crippen LogP contribution < -0.4 is 15.2 Å². The Hall–Kier alpha value is -2.08. The van der Waals surface area contributed by atoms with Crippen molar-refractivity contribution in [3.63, 3.8) is 0 Å². The maximum Gasteiger partial charge on any atom is 0.261 e. The molecule has 6 nitrogen and oxygen atoms in total. The number of nitrogens with two attached hydrogens (primary N) is 1. The third-order valence-electron chi connectivity index (χ3n) is 3.07. The lowest BCUT2D eigenvalue weighted by atomic mass is 10.1. The Balaban J connectivity index is 2.31. The van der Waals surface area contributed by atoms with E-state index in [2.05, 4.69) is 10.1 Å². The van der Waals surface area contributed by atoms with Gasteiger partial charge in [0.25, 0.3) is 5.89 Å². The number of nitrogens with zero attached hydrogens (tertiary/aromatic N) is 2. The topological polar surface area (TPSA) is 83.4 Å². The van der Waals surface area contributed by atoms with E-state index in [1.165, 1.54) is 0 Å². The second-order valence-corrected chi connectivity index (χ2v) is 4.45. The van der Waals surface area contributed by atoms with Crippen LogP contribution in [-0.2, 0) is 6.42 Å². The summed E-state index contributed by atoms with van der Waals surface area (Å²) in [5.74, 6) is 2.35. The molecule has 0 aliphatic carbocycles. The third-order valence-corrected chi connectivity index (χ3v) is 3.07. The van der Waals surface area contributed by atoms with Gasteiger partial charge in [0.1, 0.15) is 11.5 Å². The first-order chi connectivity index (χ1) is 9.67. The Morgan fingerprint density at radius 2 is 2.10 bits per heavy atom. The van der Waals surface area contributed by atoms with Crippen molar-refractivity contribution in [1.82, 2.24) is 10.1 Å². The van der Waals surface area contributed by atoms with Crippen LogP contribution in [0.5, 0.6) is 11.5 Å². The van der Waals surface area contributed by atoms with Crippen molar-refractivity contribution in [2.75, 3.05) is 14.2 Å². The van der Waals surface area contributed by atoms with E-state index in [4.69, 9.17) is 19.7 Å². The lowest BCUT2D eigenvalue weighted by Gasteiger charge is -2.07. The highest BCUT2D eigenvalue weighted by Gasteiger charge is 2.16. The molecule has 0 radical (unpaired) electrons. The summed E-state index contributed by atoms with van der Waals surface area (Å²) in [6, 6.07) is 5.45. The maximum atomic E-state index is 5.89. The monoisotopic (exact) mass is 277 g/mol. The first-order valence-corrected chi connectivity index (χ1v) is 6.48. The Kier molecular flexibility index (Phi) is 4.57. The van der Waals surface area contributed by atoms with Crippen molar-refractivity contribution in [2.45, 2.75) is 25.8 Å². The summed E-state index contributed by atoms with van der Waals surface area (Å²) in [4.78, 5) is 4.36. The normalized spacial score (nSPS) is 12.2. The van der Waals surface area contributed by atoms with E-state index in [-0.39, 0.29) is 6.04 Å². The molecule has 0 aliphatic heterocycles. The Morgan fingerprint density at radius 1 is 1.30 bits per heavy atom. The maximum absolute atomic E-state index is 5.89. The van der Waals surface area contributed by atoms with Crippen molar-refractivity contribution >= 4 is 0 Å². The van der Waals surface area contributed by atoms with Gasteiger partial charge in [0.15, 0.2) is 5.82 Å². The molecule has 6 heteroatoms. The third kappa shape index (κ3) is 3.08. The zero-order valence-electron chi connectivity index (χ0n) is 11.9. The van der Waals surface area contributed by atoms with Crippen molar-refractivity contribution < 1.29 is 14.0 Å². The minimum Gasteiger partial charge on any atom is -0.497 e. The zero-order chi connectivity index (χ0) is 14.5. The van der Waals surface area contributed by atoms with Gasteiger partial charge in [-0.3, -0.25) is 0 Å². The average Bonchev–Trinajstić information content (AvgIpc) is 2.94. The fraction of sp³-hybridized carbons (Fsp3) is 0.429. The van der Waals surface area contributed by atoms with Gasteiger partial charge >= 0.3 is 0 Å². The van der Waals surface area contributed by atoms with Gasteiger partial charge in [0, 0.05) is 12.5 Å². The van der Waals surface area contributed by atoms with E-state index < -0.39 is 0 Å². The standard InChI is InChI=1S/C14H19N3O3/c1-4-9(15)7-13-16-14(20-17-13)11-8-10(18-2)5-6-12(11)19-3/h5-6,8-9H,4,7,15H2,1-3H3. The molecule has 2 aromatic rings. The van der Waals surface area contributed by atoms with Crippen molar-refractivity contribution in [3.05, 3.63) is 24.0 Å². The minimum atomic E-state index is 0.0349. The van der Waals surface area contributed by atoms with E-state index >= 15 is 0 Å². The van der Waals surface area contributed by atoms with Crippen LogP contribution in [0.3, 0.4) is 0 Å². The van der Waals surface area contributed by atoms with Gasteiger partial charge in [0.2, 0.25) is 0 Å². The second kappa shape index (κ2) is 6.38. The summed E-state index contributed by atoms with van der Waals surface area (Å²) >= 11 is 0. The molecule has 0 spiro atoms. The van der Waals surface area contributed by atoms with Crippen LogP contribution in [0.1, 0.15) is 19.2 Å². The molecule has 0 aliphatic rings. The van der Waals surface area contributed by atoms with Gasteiger partial charge < -0.3 is 19.7 Å². The molecule has 0 amide bonds. The molecule has 0 bridgehead atoms. The molecule has 1 unspecified atom stereocenters. The molecule has 0 saturated heterocycles. The first kappa shape index (κ1) is 14.3. The fourth-order valence-electron chi connectivity index (χ4n) is 1.81. The van der Waals surface area contributed by atoms with Crippen molar-refractivity contribution in [3.8, 4) is 23.0 Å². The molecule has 108 valence electrons. The quantitative estimate of drug-likeness (QED) is 0.869. The van der Waals surface area contributed by atoms with Crippen molar-refractivity contribution in [2.24, 2.45) is 5.73 Å². The molecule has 1 aromatic heterocycles. The summed E-state index contributed by atoms with van der Waals surface area (Å²) in [6.07, 6.45) is 1.46. The number of aromatic nitrogens is 2. The summed E-state index contributed by atoms with van der Waals surface area (Å²) in [7, 11) is 3.20. The molecule has 2 N–H and O–H groups in total. The largest absolute Gasteiger partial charge is 0.497 e. The first-order valence-electron chi connectivity index (χ1n) is 6.48. The highest BCUT2D eigenvalue weighted by molar-refractivity contribution is 5.65. The number of benzene rings is 1. The van der Waals surface area contributed by atoms with E-state index in [9.17, 15) is 0 Å². The number of methoxy groups -OCH3 is 2. The molecule has 1 heterocycles. The molecule has 20 heavy (non-hydrogen) atoms. The predicted molar refractivity (Wildman–Crippen MR) is 74.8 cm³/mol. The van der Waals surface area contributed by atoms with Gasteiger partial charge in [-0.15, -0.1) is 0 Å². The number of rotatable bonds is 6.